The molecule has 6 heteroatoms. The van der Waals surface area contributed by atoms with Crippen molar-refractivity contribution >= 4 is 34.0 Å². The topological polar surface area (TPSA) is 60.7 Å². The van der Waals surface area contributed by atoms with Gasteiger partial charge in [0.1, 0.15) is 11.6 Å². The third kappa shape index (κ3) is 1.28. The first kappa shape index (κ1) is 9.45. The Bertz CT molecular complexity index is 483. The van der Waals surface area contributed by atoms with E-state index in [-0.39, 0.29) is 10.8 Å². The molecule has 0 fully saturated rings. The van der Waals surface area contributed by atoms with Crippen molar-refractivity contribution in [2.45, 2.75) is 0 Å². The van der Waals surface area contributed by atoms with Gasteiger partial charge in [-0.25, -0.2) is 4.39 Å². The number of benzene rings is 1. The molecule has 0 aliphatic carbocycles. The molecule has 0 bridgehead atoms. The Hall–Kier alpha value is -1.11. The van der Waals surface area contributed by atoms with E-state index in [9.17, 15) is 9.50 Å². The summed E-state index contributed by atoms with van der Waals surface area (Å²) in [6.45, 7) is 0. The lowest BCUT2D eigenvalue weighted by molar-refractivity contribution is 0.420. The lowest BCUT2D eigenvalue weighted by atomic mass is 9.79. The van der Waals surface area contributed by atoms with Gasteiger partial charge in [0, 0.05) is 21.6 Å². The van der Waals surface area contributed by atoms with Crippen LogP contribution in [0.1, 0.15) is 0 Å². The quantitative estimate of drug-likeness (QED) is 0.600. The van der Waals surface area contributed by atoms with Crippen LogP contribution in [-0.4, -0.2) is 22.3 Å². The van der Waals surface area contributed by atoms with Crippen molar-refractivity contribution in [2.75, 3.05) is 0 Å². The zero-order valence-electron chi connectivity index (χ0n) is 6.94. The second kappa shape index (κ2) is 3.23. The molecule has 0 atom stereocenters. The van der Waals surface area contributed by atoms with Crippen LogP contribution in [0.4, 0.5) is 4.39 Å². The number of rotatable bonds is 1. The van der Waals surface area contributed by atoms with E-state index in [2.05, 4.69) is 0 Å². The molecule has 0 spiro atoms. The zero-order chi connectivity index (χ0) is 10.3. The van der Waals surface area contributed by atoms with Gasteiger partial charge in [0.05, 0.1) is 0 Å². The summed E-state index contributed by atoms with van der Waals surface area (Å²) < 4.78 is 13.6. The molecule has 3 N–H and O–H groups in total. The van der Waals surface area contributed by atoms with Crippen LogP contribution in [0, 0.1) is 5.82 Å². The van der Waals surface area contributed by atoms with Gasteiger partial charge in [-0.2, -0.15) is 0 Å². The van der Waals surface area contributed by atoms with E-state index in [1.165, 1.54) is 6.07 Å². The fourth-order valence-corrected chi connectivity index (χ4v) is 2.32. The Kier molecular flexibility index (Phi) is 2.18. The Morgan fingerprint density at radius 1 is 1.36 bits per heavy atom. The fourth-order valence-electron chi connectivity index (χ4n) is 1.35. The fraction of sp³-hybridized carbons (Fsp3) is 0. The van der Waals surface area contributed by atoms with Gasteiger partial charge in [-0.05, 0) is 11.4 Å². The number of aromatic hydroxyl groups is 1. The molecule has 0 aliphatic heterocycles. The molecule has 0 radical (unpaired) electrons. The molecule has 72 valence electrons. The highest BCUT2D eigenvalue weighted by atomic mass is 32.1. The predicted molar refractivity (Wildman–Crippen MR) is 53.3 cm³/mol. The van der Waals surface area contributed by atoms with Gasteiger partial charge in [0.15, 0.2) is 0 Å². The normalized spacial score (nSPS) is 10.8. The molecule has 0 saturated carbocycles. The maximum absolute atomic E-state index is 13.2. The predicted octanol–water partition coefficient (Wildman–Crippen LogP) is 0.426. The van der Waals surface area contributed by atoms with E-state index < -0.39 is 18.7 Å². The number of halogens is 1. The van der Waals surface area contributed by atoms with Crippen molar-refractivity contribution in [1.29, 1.82) is 0 Å². The Balaban J connectivity index is 2.86. The lowest BCUT2D eigenvalue weighted by Gasteiger charge is -2.05. The second-order valence-corrected chi connectivity index (χ2v) is 3.74. The summed E-state index contributed by atoms with van der Waals surface area (Å²) in [5, 5.41) is 29.2. The number of phenolic OH excluding ortho intramolecular Hbond substituents is 1. The molecule has 2 aromatic rings. The third-order valence-electron chi connectivity index (χ3n) is 1.96. The van der Waals surface area contributed by atoms with Crippen molar-refractivity contribution in [3.05, 3.63) is 23.3 Å². The molecule has 14 heavy (non-hydrogen) atoms. The van der Waals surface area contributed by atoms with Crippen LogP contribution in [0.15, 0.2) is 17.5 Å². The van der Waals surface area contributed by atoms with Crippen molar-refractivity contribution in [1.82, 2.24) is 0 Å². The van der Waals surface area contributed by atoms with E-state index in [0.29, 0.717) is 4.70 Å². The monoisotopic (exact) mass is 212 g/mol. The summed E-state index contributed by atoms with van der Waals surface area (Å²) in [4.78, 5) is 0. The highest BCUT2D eigenvalue weighted by Crippen LogP contribution is 2.26. The van der Waals surface area contributed by atoms with E-state index in [4.69, 9.17) is 10.0 Å². The number of fused-ring (bicyclic) bond motifs is 1. The van der Waals surface area contributed by atoms with Gasteiger partial charge in [-0.15, -0.1) is 11.3 Å². The van der Waals surface area contributed by atoms with Gasteiger partial charge in [-0.1, -0.05) is 0 Å². The first-order valence-corrected chi connectivity index (χ1v) is 4.74. The van der Waals surface area contributed by atoms with Crippen molar-refractivity contribution in [3.8, 4) is 5.75 Å². The second-order valence-electron chi connectivity index (χ2n) is 2.83. The summed E-state index contributed by atoms with van der Waals surface area (Å²) in [6, 6.07) is 2.41. The maximum Gasteiger partial charge on any atom is 0.493 e. The van der Waals surface area contributed by atoms with Gasteiger partial charge in [0.2, 0.25) is 0 Å². The summed E-state index contributed by atoms with van der Waals surface area (Å²) in [5.74, 6) is -1.00. The van der Waals surface area contributed by atoms with Crippen LogP contribution in [0.2, 0.25) is 0 Å². The molecule has 0 amide bonds. The minimum absolute atomic E-state index is 0.0450. The van der Waals surface area contributed by atoms with Crippen LogP contribution in [0.5, 0.6) is 5.75 Å². The molecule has 0 saturated heterocycles. The number of hydrogen-bond donors (Lipinski definition) is 3. The van der Waals surface area contributed by atoms with Crippen LogP contribution < -0.4 is 5.46 Å². The Labute approximate surface area is 83.2 Å². The number of thiophene rings is 1. The van der Waals surface area contributed by atoms with Gasteiger partial charge in [0.25, 0.3) is 0 Å². The van der Waals surface area contributed by atoms with Crippen molar-refractivity contribution in [2.24, 2.45) is 0 Å². The van der Waals surface area contributed by atoms with E-state index in [1.54, 1.807) is 5.38 Å². The van der Waals surface area contributed by atoms with E-state index >= 15 is 0 Å². The van der Waals surface area contributed by atoms with Crippen LogP contribution in [0.3, 0.4) is 0 Å². The van der Waals surface area contributed by atoms with Crippen molar-refractivity contribution < 1.29 is 19.5 Å². The minimum atomic E-state index is -1.79. The molecule has 1 heterocycles. The first-order valence-electron chi connectivity index (χ1n) is 3.86. The molecule has 0 aliphatic rings. The number of hydrogen-bond acceptors (Lipinski definition) is 4. The molecule has 1 aromatic carbocycles. The number of phenols is 1. The smallest absolute Gasteiger partial charge is 0.493 e. The van der Waals surface area contributed by atoms with Crippen molar-refractivity contribution in [3.63, 3.8) is 0 Å². The average molecular weight is 212 g/mol. The van der Waals surface area contributed by atoms with Gasteiger partial charge < -0.3 is 15.2 Å². The third-order valence-corrected chi connectivity index (χ3v) is 2.91. The largest absolute Gasteiger partial charge is 0.508 e. The first-order chi connectivity index (χ1) is 6.61. The summed E-state index contributed by atoms with van der Waals surface area (Å²) >= 11 is 1.15. The van der Waals surface area contributed by atoms with Crippen LogP contribution in [0.25, 0.3) is 10.1 Å². The average Bonchev–Trinajstić information content (AvgIpc) is 2.51. The van der Waals surface area contributed by atoms with Crippen LogP contribution in [-0.2, 0) is 0 Å². The summed E-state index contributed by atoms with van der Waals surface area (Å²) in [5.41, 5.74) is -0.0450. The highest BCUT2D eigenvalue weighted by molar-refractivity contribution is 7.18. The summed E-state index contributed by atoms with van der Waals surface area (Å²) in [7, 11) is -1.79. The Morgan fingerprint density at radius 2 is 2.07 bits per heavy atom. The maximum atomic E-state index is 13.2. The van der Waals surface area contributed by atoms with E-state index in [0.717, 1.165) is 17.4 Å². The minimum Gasteiger partial charge on any atom is -0.508 e. The molecular weight excluding hydrogens is 206 g/mol. The SMILES string of the molecule is OB(O)c1c(O)cc(F)c2ccsc12. The lowest BCUT2D eigenvalue weighted by Crippen LogP contribution is -2.30. The molecule has 3 nitrogen and oxygen atoms in total. The molecular formula is C8H6BFO3S. The highest BCUT2D eigenvalue weighted by Gasteiger charge is 2.22. The van der Waals surface area contributed by atoms with Gasteiger partial charge in [-0.3, -0.25) is 0 Å². The molecule has 1 aromatic heterocycles. The zero-order valence-corrected chi connectivity index (χ0v) is 7.75. The molecule has 0 unspecified atom stereocenters. The van der Waals surface area contributed by atoms with Gasteiger partial charge >= 0.3 is 7.12 Å². The van der Waals surface area contributed by atoms with Crippen LogP contribution >= 0.6 is 11.3 Å². The summed E-state index contributed by atoms with van der Waals surface area (Å²) in [6.07, 6.45) is 0. The standard InChI is InChI=1S/C8H6BFO3S/c10-5-3-6(11)7(9(12)13)8-4(5)1-2-14-8/h1-3,11-13H. The van der Waals surface area contributed by atoms with E-state index in [1.807, 2.05) is 0 Å². The molecule has 2 rings (SSSR count). The Morgan fingerprint density at radius 3 is 2.71 bits per heavy atom.